The molecule has 1 saturated carbocycles. The van der Waals surface area contributed by atoms with Crippen molar-refractivity contribution >= 4 is 0 Å². The molecule has 1 rings (SSSR count). The summed E-state index contributed by atoms with van der Waals surface area (Å²) in [5.41, 5.74) is 0.619. The fourth-order valence-corrected chi connectivity index (χ4v) is 2.21. The van der Waals surface area contributed by atoms with E-state index in [0.29, 0.717) is 11.5 Å². The van der Waals surface area contributed by atoms with E-state index in [1.165, 1.54) is 32.1 Å². The van der Waals surface area contributed by atoms with Crippen molar-refractivity contribution in [1.82, 2.24) is 5.32 Å². The summed E-state index contributed by atoms with van der Waals surface area (Å²) in [4.78, 5) is 0. The maximum absolute atomic E-state index is 5.11. The number of methoxy groups -OCH3 is 1. The second kappa shape index (κ2) is 5.72. The fourth-order valence-electron chi connectivity index (χ4n) is 2.21. The first-order chi connectivity index (χ1) is 6.75. The van der Waals surface area contributed by atoms with Crippen LogP contribution in [0.25, 0.3) is 0 Å². The van der Waals surface area contributed by atoms with Crippen molar-refractivity contribution in [1.29, 1.82) is 0 Å². The van der Waals surface area contributed by atoms with Gasteiger partial charge in [0.25, 0.3) is 0 Å². The molecule has 2 heteroatoms. The largest absolute Gasteiger partial charge is 0.385 e. The highest BCUT2D eigenvalue weighted by Crippen LogP contribution is 2.52. The fraction of sp³-hybridized carbons (Fsp3) is 1.00. The highest BCUT2D eigenvalue weighted by Gasteiger charge is 2.46. The highest BCUT2D eigenvalue weighted by molar-refractivity contribution is 5.00. The van der Waals surface area contributed by atoms with E-state index in [2.05, 4.69) is 19.2 Å². The Labute approximate surface area is 88.4 Å². The summed E-state index contributed by atoms with van der Waals surface area (Å²) in [7, 11) is 1.79. The molecule has 0 saturated heterocycles. The van der Waals surface area contributed by atoms with Crippen LogP contribution in [0, 0.1) is 5.41 Å². The lowest BCUT2D eigenvalue weighted by Gasteiger charge is -2.24. The third-order valence-electron chi connectivity index (χ3n) is 3.53. The Hall–Kier alpha value is -0.0800. The number of nitrogens with one attached hydrogen (secondary N) is 1. The molecule has 0 radical (unpaired) electrons. The molecular weight excluding hydrogens is 174 g/mol. The van der Waals surface area contributed by atoms with Gasteiger partial charge in [-0.25, -0.2) is 0 Å². The average molecular weight is 199 g/mol. The van der Waals surface area contributed by atoms with E-state index >= 15 is 0 Å². The van der Waals surface area contributed by atoms with Crippen molar-refractivity contribution in [3.05, 3.63) is 0 Å². The molecule has 0 aromatic rings. The lowest BCUT2D eigenvalue weighted by Crippen LogP contribution is -2.35. The average Bonchev–Trinajstić information content (AvgIpc) is 2.96. The topological polar surface area (TPSA) is 21.3 Å². The summed E-state index contributed by atoms with van der Waals surface area (Å²) < 4.78 is 5.11. The van der Waals surface area contributed by atoms with Crippen molar-refractivity contribution in [3.63, 3.8) is 0 Å². The Bertz CT molecular complexity index is 154. The second-order valence-corrected chi connectivity index (χ2v) is 4.63. The van der Waals surface area contributed by atoms with Gasteiger partial charge in [0, 0.05) is 19.8 Å². The van der Waals surface area contributed by atoms with E-state index in [9.17, 15) is 0 Å². The molecule has 14 heavy (non-hydrogen) atoms. The number of rotatable bonds is 8. The molecule has 0 spiro atoms. The molecule has 1 N–H and O–H groups in total. The zero-order valence-corrected chi connectivity index (χ0v) is 9.94. The summed E-state index contributed by atoms with van der Waals surface area (Å²) in [6.45, 7) is 6.65. The summed E-state index contributed by atoms with van der Waals surface area (Å²) in [5.74, 6) is 0. The van der Waals surface area contributed by atoms with Gasteiger partial charge in [0.1, 0.15) is 0 Å². The first-order valence-electron chi connectivity index (χ1n) is 5.97. The summed E-state index contributed by atoms with van der Waals surface area (Å²) in [5, 5.41) is 3.62. The van der Waals surface area contributed by atoms with Gasteiger partial charge in [0.05, 0.1) is 0 Å². The van der Waals surface area contributed by atoms with Crippen molar-refractivity contribution in [2.45, 2.75) is 52.0 Å². The highest BCUT2D eigenvalue weighted by atomic mass is 16.5. The Kier molecular flexibility index (Phi) is 4.90. The van der Waals surface area contributed by atoms with E-state index in [1.54, 1.807) is 7.11 Å². The first-order valence-corrected chi connectivity index (χ1v) is 5.97. The van der Waals surface area contributed by atoms with Crippen molar-refractivity contribution in [3.8, 4) is 0 Å². The Morgan fingerprint density at radius 2 is 2.14 bits per heavy atom. The Morgan fingerprint density at radius 1 is 1.43 bits per heavy atom. The molecule has 0 aliphatic heterocycles. The zero-order valence-electron chi connectivity index (χ0n) is 9.94. The lowest BCUT2D eigenvalue weighted by molar-refractivity contribution is 0.179. The van der Waals surface area contributed by atoms with E-state index in [-0.39, 0.29) is 0 Å². The number of hydrogen-bond donors (Lipinski definition) is 1. The molecule has 0 bridgehead atoms. The minimum Gasteiger partial charge on any atom is -0.385 e. The molecule has 1 fully saturated rings. The predicted molar refractivity (Wildman–Crippen MR) is 60.5 cm³/mol. The van der Waals surface area contributed by atoms with E-state index < -0.39 is 0 Å². The van der Waals surface area contributed by atoms with Crippen LogP contribution in [-0.2, 0) is 4.74 Å². The summed E-state index contributed by atoms with van der Waals surface area (Å²) in [6, 6.07) is 0.694. The molecule has 1 atom stereocenters. The quantitative estimate of drug-likeness (QED) is 0.607. The van der Waals surface area contributed by atoms with Gasteiger partial charge in [-0.15, -0.1) is 0 Å². The molecule has 1 aliphatic carbocycles. The Morgan fingerprint density at radius 3 is 2.64 bits per heavy atom. The van der Waals surface area contributed by atoms with Gasteiger partial charge in [-0.2, -0.15) is 0 Å². The molecular formula is C12H25NO. The van der Waals surface area contributed by atoms with Crippen LogP contribution in [0.1, 0.15) is 46.0 Å². The van der Waals surface area contributed by atoms with Crippen molar-refractivity contribution in [2.24, 2.45) is 5.41 Å². The van der Waals surface area contributed by atoms with Gasteiger partial charge in [-0.3, -0.25) is 0 Å². The molecule has 0 heterocycles. The van der Waals surface area contributed by atoms with Crippen LogP contribution >= 0.6 is 0 Å². The minimum absolute atomic E-state index is 0.619. The molecule has 0 aromatic heterocycles. The van der Waals surface area contributed by atoms with E-state index in [4.69, 9.17) is 4.74 Å². The van der Waals surface area contributed by atoms with Crippen LogP contribution in [-0.4, -0.2) is 26.3 Å². The van der Waals surface area contributed by atoms with Gasteiger partial charge in [-0.05, 0) is 51.0 Å². The van der Waals surface area contributed by atoms with Crippen LogP contribution in [0.2, 0.25) is 0 Å². The van der Waals surface area contributed by atoms with Crippen molar-refractivity contribution in [2.75, 3.05) is 20.3 Å². The zero-order chi connectivity index (χ0) is 10.4. The van der Waals surface area contributed by atoms with Gasteiger partial charge in [0.2, 0.25) is 0 Å². The van der Waals surface area contributed by atoms with E-state index in [0.717, 1.165) is 13.2 Å². The van der Waals surface area contributed by atoms with Crippen LogP contribution in [0.3, 0.4) is 0 Å². The lowest BCUT2D eigenvalue weighted by atomic mass is 9.92. The van der Waals surface area contributed by atoms with Gasteiger partial charge in [-0.1, -0.05) is 6.92 Å². The van der Waals surface area contributed by atoms with Gasteiger partial charge >= 0.3 is 0 Å². The van der Waals surface area contributed by atoms with Crippen LogP contribution in [0.5, 0.6) is 0 Å². The standard InChI is InChI=1S/C12H25NO/c1-4-9-13-11(2)12(7-8-12)6-5-10-14-3/h11,13H,4-10H2,1-3H3. The smallest absolute Gasteiger partial charge is 0.0462 e. The molecule has 84 valence electrons. The Balaban J connectivity index is 2.19. The van der Waals surface area contributed by atoms with Crippen LogP contribution in [0.15, 0.2) is 0 Å². The maximum Gasteiger partial charge on any atom is 0.0462 e. The number of hydrogen-bond acceptors (Lipinski definition) is 2. The van der Waals surface area contributed by atoms with E-state index in [1.807, 2.05) is 0 Å². The van der Waals surface area contributed by atoms with Crippen LogP contribution < -0.4 is 5.32 Å². The third kappa shape index (κ3) is 3.25. The molecule has 2 nitrogen and oxygen atoms in total. The maximum atomic E-state index is 5.11. The molecule has 1 aliphatic rings. The summed E-state index contributed by atoms with van der Waals surface area (Å²) in [6.07, 6.45) is 6.61. The van der Waals surface area contributed by atoms with Crippen molar-refractivity contribution < 1.29 is 4.74 Å². The van der Waals surface area contributed by atoms with Crippen LogP contribution in [0.4, 0.5) is 0 Å². The molecule has 0 aromatic carbocycles. The predicted octanol–water partition coefficient (Wildman–Crippen LogP) is 2.58. The molecule has 0 amide bonds. The van der Waals surface area contributed by atoms with Gasteiger partial charge in [0.15, 0.2) is 0 Å². The summed E-state index contributed by atoms with van der Waals surface area (Å²) >= 11 is 0. The van der Waals surface area contributed by atoms with Gasteiger partial charge < -0.3 is 10.1 Å². The minimum atomic E-state index is 0.619. The monoisotopic (exact) mass is 199 g/mol. The third-order valence-corrected chi connectivity index (χ3v) is 3.53. The molecule has 1 unspecified atom stereocenters. The normalized spacial score (nSPS) is 20.8. The first kappa shape index (κ1) is 12.0. The number of ether oxygens (including phenoxy) is 1. The SMILES string of the molecule is CCCNC(C)C1(CCCOC)CC1. The second-order valence-electron chi connectivity index (χ2n) is 4.63.